The van der Waals surface area contributed by atoms with Crippen LogP contribution >= 0.6 is 11.6 Å². The van der Waals surface area contributed by atoms with Crippen molar-refractivity contribution in [3.05, 3.63) is 76.7 Å². The molecule has 0 radical (unpaired) electrons. The molecule has 7 heteroatoms. The standard InChI is InChI=1S/C23H25ClN4O2/c1-17-5-7-18(8-6-17)19(16-27-12-14-30-15-13-27)25-22(29)10-9-20-23(24)26-21-4-2-3-11-28(20)21/h2-11,19H,12-16H2,1H3,(H,25,29)/p+1/b10-9+/t19-/m1/s1. The summed E-state index contributed by atoms with van der Waals surface area (Å²) in [6, 6.07) is 13.9. The monoisotopic (exact) mass is 425 g/mol. The Morgan fingerprint density at radius 1 is 1.27 bits per heavy atom. The van der Waals surface area contributed by atoms with E-state index in [0.717, 1.165) is 44.1 Å². The molecule has 1 saturated heterocycles. The van der Waals surface area contributed by atoms with Gasteiger partial charge in [-0.25, -0.2) is 4.98 Å². The number of amides is 1. The van der Waals surface area contributed by atoms with Crippen LogP contribution in [0.15, 0.2) is 54.7 Å². The lowest BCUT2D eigenvalue weighted by atomic mass is 10.0. The third kappa shape index (κ3) is 4.90. The van der Waals surface area contributed by atoms with Crippen molar-refractivity contribution in [3.63, 3.8) is 0 Å². The molecular weight excluding hydrogens is 400 g/mol. The Labute approximate surface area is 181 Å². The van der Waals surface area contributed by atoms with E-state index in [0.29, 0.717) is 10.8 Å². The molecule has 3 heterocycles. The summed E-state index contributed by atoms with van der Waals surface area (Å²) < 4.78 is 7.33. The van der Waals surface area contributed by atoms with Gasteiger partial charge in [0.25, 0.3) is 0 Å². The minimum absolute atomic E-state index is 0.0755. The summed E-state index contributed by atoms with van der Waals surface area (Å²) in [7, 11) is 0. The zero-order chi connectivity index (χ0) is 20.9. The van der Waals surface area contributed by atoms with Crippen LogP contribution in [0.5, 0.6) is 0 Å². The van der Waals surface area contributed by atoms with Gasteiger partial charge in [0.1, 0.15) is 31.3 Å². The lowest BCUT2D eigenvalue weighted by Gasteiger charge is -2.28. The van der Waals surface area contributed by atoms with Crippen molar-refractivity contribution in [2.24, 2.45) is 0 Å². The quantitative estimate of drug-likeness (QED) is 0.594. The number of nitrogens with one attached hydrogen (secondary N) is 2. The van der Waals surface area contributed by atoms with Gasteiger partial charge in [-0.2, -0.15) is 0 Å². The minimum atomic E-state index is -0.157. The van der Waals surface area contributed by atoms with E-state index in [2.05, 4.69) is 41.5 Å². The van der Waals surface area contributed by atoms with Gasteiger partial charge in [-0.1, -0.05) is 47.5 Å². The number of hydrogen-bond acceptors (Lipinski definition) is 3. The molecule has 2 N–H and O–H groups in total. The van der Waals surface area contributed by atoms with E-state index in [1.165, 1.54) is 16.5 Å². The van der Waals surface area contributed by atoms with Crippen molar-refractivity contribution in [1.82, 2.24) is 14.7 Å². The number of fused-ring (bicyclic) bond motifs is 1. The summed E-state index contributed by atoms with van der Waals surface area (Å²) in [5, 5.41) is 3.54. The maximum Gasteiger partial charge on any atom is 0.244 e. The summed E-state index contributed by atoms with van der Waals surface area (Å²) in [5.41, 5.74) is 3.74. The number of quaternary nitrogens is 1. The SMILES string of the molecule is Cc1ccc([C@@H](C[NH+]2CCOCC2)NC(=O)/C=C/c2c(Cl)nc3ccccn23)cc1. The molecule has 1 aliphatic rings. The number of morpholine rings is 1. The number of carbonyl (C=O) groups excluding carboxylic acids is 1. The highest BCUT2D eigenvalue weighted by Gasteiger charge is 2.22. The molecule has 0 saturated carbocycles. The lowest BCUT2D eigenvalue weighted by Crippen LogP contribution is -3.14. The van der Waals surface area contributed by atoms with Crippen LogP contribution in [0, 0.1) is 6.92 Å². The number of carbonyl (C=O) groups is 1. The molecule has 6 nitrogen and oxygen atoms in total. The Balaban J connectivity index is 1.51. The normalized spacial score (nSPS) is 16.2. The van der Waals surface area contributed by atoms with Gasteiger partial charge in [0.15, 0.2) is 5.15 Å². The second-order valence-corrected chi connectivity index (χ2v) is 7.95. The van der Waals surface area contributed by atoms with Crippen molar-refractivity contribution < 1.29 is 14.4 Å². The van der Waals surface area contributed by atoms with Gasteiger partial charge in [0.05, 0.1) is 18.9 Å². The van der Waals surface area contributed by atoms with Crippen LogP contribution in [-0.2, 0) is 9.53 Å². The highest BCUT2D eigenvalue weighted by Crippen LogP contribution is 2.19. The van der Waals surface area contributed by atoms with Gasteiger partial charge in [-0.3, -0.25) is 9.20 Å². The number of aromatic nitrogens is 2. The number of hydrogen-bond donors (Lipinski definition) is 2. The molecule has 0 spiro atoms. The zero-order valence-electron chi connectivity index (χ0n) is 17.0. The molecule has 4 rings (SSSR count). The van der Waals surface area contributed by atoms with Crippen molar-refractivity contribution in [2.75, 3.05) is 32.8 Å². The number of aryl methyl sites for hydroxylation is 1. The highest BCUT2D eigenvalue weighted by atomic mass is 35.5. The van der Waals surface area contributed by atoms with Crippen LogP contribution in [0.3, 0.4) is 0 Å². The Kier molecular flexibility index (Phi) is 6.47. The van der Waals surface area contributed by atoms with Crippen LogP contribution in [0.1, 0.15) is 22.9 Å². The lowest BCUT2D eigenvalue weighted by molar-refractivity contribution is -0.909. The average molecular weight is 426 g/mol. The van der Waals surface area contributed by atoms with Gasteiger partial charge >= 0.3 is 0 Å². The predicted octanol–water partition coefficient (Wildman–Crippen LogP) is 2.08. The smallest absolute Gasteiger partial charge is 0.244 e. The van der Waals surface area contributed by atoms with E-state index in [4.69, 9.17) is 16.3 Å². The molecule has 0 bridgehead atoms. The predicted molar refractivity (Wildman–Crippen MR) is 118 cm³/mol. The van der Waals surface area contributed by atoms with Crippen molar-refractivity contribution >= 4 is 29.2 Å². The van der Waals surface area contributed by atoms with Gasteiger partial charge in [-0.15, -0.1) is 0 Å². The van der Waals surface area contributed by atoms with Gasteiger partial charge in [-0.05, 0) is 30.7 Å². The fourth-order valence-electron chi connectivity index (χ4n) is 3.71. The molecule has 0 aliphatic carbocycles. The molecule has 156 valence electrons. The van der Waals surface area contributed by atoms with Crippen molar-refractivity contribution in [1.29, 1.82) is 0 Å². The van der Waals surface area contributed by atoms with Crippen LogP contribution in [0.4, 0.5) is 0 Å². The Morgan fingerprint density at radius 2 is 2.03 bits per heavy atom. The first-order valence-electron chi connectivity index (χ1n) is 10.2. The van der Waals surface area contributed by atoms with Crippen LogP contribution < -0.4 is 10.2 Å². The maximum absolute atomic E-state index is 12.8. The van der Waals surface area contributed by atoms with E-state index < -0.39 is 0 Å². The van der Waals surface area contributed by atoms with Crippen LogP contribution in [-0.4, -0.2) is 48.1 Å². The average Bonchev–Trinajstić information content (AvgIpc) is 3.08. The molecule has 3 aromatic rings. The molecule has 1 aromatic carbocycles. The summed E-state index contributed by atoms with van der Waals surface area (Å²) in [4.78, 5) is 18.5. The number of halogens is 1. The molecule has 1 atom stereocenters. The van der Waals surface area contributed by atoms with E-state index in [-0.39, 0.29) is 11.9 Å². The summed E-state index contributed by atoms with van der Waals surface area (Å²) in [6.07, 6.45) is 5.12. The summed E-state index contributed by atoms with van der Waals surface area (Å²) >= 11 is 6.27. The Hall–Kier alpha value is -2.67. The minimum Gasteiger partial charge on any atom is -0.370 e. The molecule has 2 aromatic heterocycles. The van der Waals surface area contributed by atoms with E-state index in [1.54, 1.807) is 6.08 Å². The summed E-state index contributed by atoms with van der Waals surface area (Å²) in [5.74, 6) is -0.157. The summed E-state index contributed by atoms with van der Waals surface area (Å²) in [6.45, 7) is 6.31. The van der Waals surface area contributed by atoms with Gasteiger partial charge in [0, 0.05) is 12.3 Å². The molecule has 0 unspecified atom stereocenters. The number of nitrogens with zero attached hydrogens (tertiary/aromatic N) is 2. The van der Waals surface area contributed by atoms with E-state index >= 15 is 0 Å². The Bertz CT molecular complexity index is 1040. The van der Waals surface area contributed by atoms with Gasteiger partial charge in [0.2, 0.25) is 5.91 Å². The number of benzene rings is 1. The highest BCUT2D eigenvalue weighted by molar-refractivity contribution is 6.31. The van der Waals surface area contributed by atoms with Gasteiger partial charge < -0.3 is 15.0 Å². The molecule has 1 fully saturated rings. The topological polar surface area (TPSA) is 60.1 Å². The first-order valence-corrected chi connectivity index (χ1v) is 10.6. The first kappa shape index (κ1) is 20.6. The van der Waals surface area contributed by atoms with E-state index in [9.17, 15) is 4.79 Å². The largest absolute Gasteiger partial charge is 0.370 e. The third-order valence-corrected chi connectivity index (χ3v) is 5.68. The third-order valence-electron chi connectivity index (χ3n) is 5.40. The number of pyridine rings is 1. The number of imidazole rings is 1. The molecule has 1 amide bonds. The molecular formula is C23H26ClN4O2+. The van der Waals surface area contributed by atoms with Crippen molar-refractivity contribution in [3.8, 4) is 0 Å². The fraction of sp³-hybridized carbons (Fsp3) is 0.304. The first-order chi connectivity index (χ1) is 14.6. The Morgan fingerprint density at radius 3 is 2.80 bits per heavy atom. The second kappa shape index (κ2) is 9.43. The van der Waals surface area contributed by atoms with Crippen LogP contribution in [0.25, 0.3) is 11.7 Å². The maximum atomic E-state index is 12.8. The van der Waals surface area contributed by atoms with E-state index in [1.807, 2.05) is 28.8 Å². The second-order valence-electron chi connectivity index (χ2n) is 7.59. The molecule has 30 heavy (non-hydrogen) atoms. The molecule has 1 aliphatic heterocycles. The zero-order valence-corrected chi connectivity index (χ0v) is 17.7. The van der Waals surface area contributed by atoms with Crippen molar-refractivity contribution in [2.45, 2.75) is 13.0 Å². The number of ether oxygens (including phenoxy) is 1. The van der Waals surface area contributed by atoms with Crippen LogP contribution in [0.2, 0.25) is 5.15 Å². The fourth-order valence-corrected chi connectivity index (χ4v) is 3.95. The number of rotatable bonds is 6.